The molecule has 1 N–H and O–H groups in total. The molecule has 0 unspecified atom stereocenters. The summed E-state index contributed by atoms with van der Waals surface area (Å²) < 4.78 is 45.8. The van der Waals surface area contributed by atoms with E-state index in [4.69, 9.17) is 4.74 Å². The van der Waals surface area contributed by atoms with Crippen molar-refractivity contribution in [1.29, 1.82) is 0 Å². The maximum Gasteiger partial charge on any atom is 0.240 e. The second kappa shape index (κ2) is 7.54. The normalized spacial score (nSPS) is 12.2. The van der Waals surface area contributed by atoms with Crippen LogP contribution in [0.1, 0.15) is 31.9 Å². The first-order valence-electron chi connectivity index (χ1n) is 8.09. The molecule has 0 amide bonds. The van der Waals surface area contributed by atoms with Gasteiger partial charge in [-0.2, -0.15) is 0 Å². The molecule has 2 rings (SSSR count). The summed E-state index contributed by atoms with van der Waals surface area (Å²) in [4.78, 5) is 0.0728. The number of ether oxygens (including phenoxy) is 1. The van der Waals surface area contributed by atoms with Gasteiger partial charge < -0.3 is 4.74 Å². The van der Waals surface area contributed by atoms with Gasteiger partial charge in [-0.05, 0) is 53.8 Å². The summed E-state index contributed by atoms with van der Waals surface area (Å²) in [7, 11) is -3.69. The lowest BCUT2D eigenvalue weighted by Crippen LogP contribution is -2.28. The first-order valence-corrected chi connectivity index (χ1v) is 9.57. The molecule has 0 saturated carbocycles. The van der Waals surface area contributed by atoms with Crippen LogP contribution in [-0.2, 0) is 15.4 Å². The van der Waals surface area contributed by atoms with Crippen molar-refractivity contribution in [3.63, 3.8) is 0 Å². The van der Waals surface area contributed by atoms with Crippen molar-refractivity contribution in [2.45, 2.75) is 38.0 Å². The Balaban J connectivity index is 1.95. The Hall–Kier alpha value is -1.92. The summed E-state index contributed by atoms with van der Waals surface area (Å²) in [5.41, 5.74) is 1.53. The molecule has 0 radical (unpaired) electrons. The van der Waals surface area contributed by atoms with Crippen LogP contribution in [0.15, 0.2) is 47.4 Å². The van der Waals surface area contributed by atoms with E-state index in [1.807, 2.05) is 24.3 Å². The van der Waals surface area contributed by atoms with Crippen molar-refractivity contribution in [1.82, 2.24) is 4.72 Å². The van der Waals surface area contributed by atoms with E-state index < -0.39 is 15.8 Å². The van der Waals surface area contributed by atoms with Crippen molar-refractivity contribution >= 4 is 10.0 Å². The van der Waals surface area contributed by atoms with Gasteiger partial charge in [0.1, 0.15) is 18.2 Å². The highest BCUT2D eigenvalue weighted by molar-refractivity contribution is 7.89. The molecule has 0 aliphatic carbocycles. The monoisotopic (exact) mass is 365 g/mol. The summed E-state index contributed by atoms with van der Waals surface area (Å²) in [6.07, 6.45) is 0. The minimum absolute atomic E-state index is 0.0149. The molecule has 0 bridgehead atoms. The first-order chi connectivity index (χ1) is 11.6. The predicted molar refractivity (Wildman–Crippen MR) is 97.0 cm³/mol. The number of rotatable bonds is 6. The molecule has 25 heavy (non-hydrogen) atoms. The van der Waals surface area contributed by atoms with Gasteiger partial charge in [0.05, 0.1) is 4.90 Å². The van der Waals surface area contributed by atoms with Crippen molar-refractivity contribution in [2.75, 3.05) is 13.2 Å². The highest BCUT2D eigenvalue weighted by atomic mass is 32.2. The fraction of sp³-hybridized carbons (Fsp3) is 0.368. The number of hydrogen-bond acceptors (Lipinski definition) is 3. The average Bonchev–Trinajstić information content (AvgIpc) is 2.51. The van der Waals surface area contributed by atoms with Crippen LogP contribution in [0.5, 0.6) is 5.75 Å². The third-order valence-electron chi connectivity index (χ3n) is 3.79. The number of benzene rings is 2. The lowest BCUT2D eigenvalue weighted by molar-refractivity contribution is 0.322. The molecule has 0 heterocycles. The molecule has 2 aromatic rings. The third kappa shape index (κ3) is 5.28. The summed E-state index contributed by atoms with van der Waals surface area (Å²) in [6.45, 7) is 8.24. The van der Waals surface area contributed by atoms with Gasteiger partial charge in [0.25, 0.3) is 0 Å². The second-order valence-corrected chi connectivity index (χ2v) is 8.67. The Morgan fingerprint density at radius 1 is 1.12 bits per heavy atom. The van der Waals surface area contributed by atoms with E-state index in [-0.39, 0.29) is 23.5 Å². The molecule has 0 fully saturated rings. The van der Waals surface area contributed by atoms with Gasteiger partial charge in [0, 0.05) is 6.54 Å². The summed E-state index contributed by atoms with van der Waals surface area (Å²) >= 11 is 0. The first kappa shape index (κ1) is 19.4. The van der Waals surface area contributed by atoms with E-state index in [1.54, 1.807) is 6.92 Å². The van der Waals surface area contributed by atoms with Crippen LogP contribution in [0, 0.1) is 12.7 Å². The van der Waals surface area contributed by atoms with Gasteiger partial charge in [0.15, 0.2) is 0 Å². The van der Waals surface area contributed by atoms with Crippen LogP contribution in [0.2, 0.25) is 0 Å². The van der Waals surface area contributed by atoms with Crippen molar-refractivity contribution < 1.29 is 17.5 Å². The molecule has 0 saturated heterocycles. The molecular formula is C19H24FNO3S. The van der Waals surface area contributed by atoms with Crippen molar-refractivity contribution in [3.8, 4) is 5.75 Å². The maximum atomic E-state index is 13.1. The average molecular weight is 365 g/mol. The molecule has 0 atom stereocenters. The molecular weight excluding hydrogens is 341 g/mol. The third-order valence-corrected chi connectivity index (χ3v) is 5.41. The van der Waals surface area contributed by atoms with Gasteiger partial charge in [-0.15, -0.1) is 0 Å². The van der Waals surface area contributed by atoms with E-state index in [1.165, 1.54) is 12.1 Å². The number of aryl methyl sites for hydroxylation is 1. The molecule has 0 aromatic heterocycles. The zero-order chi connectivity index (χ0) is 18.7. The molecule has 0 aliphatic heterocycles. The second-order valence-electron chi connectivity index (χ2n) is 6.93. The van der Waals surface area contributed by atoms with Crippen LogP contribution in [0.25, 0.3) is 0 Å². The van der Waals surface area contributed by atoms with Crippen LogP contribution in [0.3, 0.4) is 0 Å². The van der Waals surface area contributed by atoms with E-state index in [0.717, 1.165) is 11.6 Å². The number of nitrogens with one attached hydrogen (secondary N) is 1. The Kier molecular flexibility index (Phi) is 5.85. The highest BCUT2D eigenvalue weighted by Gasteiger charge is 2.17. The molecule has 136 valence electrons. The number of hydrogen-bond donors (Lipinski definition) is 1. The zero-order valence-corrected chi connectivity index (χ0v) is 15.8. The van der Waals surface area contributed by atoms with Gasteiger partial charge >= 0.3 is 0 Å². The smallest absolute Gasteiger partial charge is 0.240 e. The number of sulfonamides is 1. The molecule has 4 nitrogen and oxygen atoms in total. The van der Waals surface area contributed by atoms with E-state index in [9.17, 15) is 12.8 Å². The Bertz CT molecular complexity index is 842. The Morgan fingerprint density at radius 2 is 1.84 bits per heavy atom. The highest BCUT2D eigenvalue weighted by Crippen LogP contribution is 2.25. The lowest BCUT2D eigenvalue weighted by Gasteiger charge is -2.19. The fourth-order valence-corrected chi connectivity index (χ4v) is 3.63. The zero-order valence-electron chi connectivity index (χ0n) is 15.0. The molecule has 0 spiro atoms. The van der Waals surface area contributed by atoms with Crippen LogP contribution in [-0.4, -0.2) is 21.6 Å². The molecule has 6 heteroatoms. The lowest BCUT2D eigenvalue weighted by atomic mass is 9.87. The summed E-state index contributed by atoms with van der Waals surface area (Å²) in [5.74, 6) is 0.239. The van der Waals surface area contributed by atoms with E-state index >= 15 is 0 Å². The topological polar surface area (TPSA) is 55.4 Å². The van der Waals surface area contributed by atoms with Crippen LogP contribution < -0.4 is 9.46 Å². The quantitative estimate of drug-likeness (QED) is 0.793. The van der Waals surface area contributed by atoms with Gasteiger partial charge in [-0.1, -0.05) is 32.9 Å². The van der Waals surface area contributed by atoms with Crippen molar-refractivity contribution in [2.24, 2.45) is 0 Å². The predicted octanol–water partition coefficient (Wildman–Crippen LogP) is 3.79. The largest absolute Gasteiger partial charge is 0.492 e. The van der Waals surface area contributed by atoms with Gasteiger partial charge in [-0.25, -0.2) is 17.5 Å². The Morgan fingerprint density at radius 3 is 2.48 bits per heavy atom. The Labute approximate surface area is 149 Å². The molecule has 0 aliphatic rings. The van der Waals surface area contributed by atoms with Gasteiger partial charge in [0.2, 0.25) is 10.0 Å². The minimum Gasteiger partial charge on any atom is -0.492 e. The van der Waals surface area contributed by atoms with Crippen LogP contribution >= 0.6 is 0 Å². The summed E-state index contributed by atoms with van der Waals surface area (Å²) in [6, 6.07) is 11.3. The summed E-state index contributed by atoms with van der Waals surface area (Å²) in [5, 5.41) is 0. The fourth-order valence-electron chi connectivity index (χ4n) is 2.39. The SMILES string of the molecule is Cc1cc(F)ccc1S(=O)(=O)NCCOc1cccc(C(C)(C)C)c1. The maximum absolute atomic E-state index is 13.1. The standard InChI is InChI=1S/C19H24FNO3S/c1-14-12-16(20)8-9-18(14)25(22,23)21-10-11-24-17-7-5-6-15(13-17)19(2,3)4/h5-9,12-13,21H,10-11H2,1-4H3. The van der Waals surface area contributed by atoms with E-state index in [2.05, 4.69) is 25.5 Å². The van der Waals surface area contributed by atoms with E-state index in [0.29, 0.717) is 11.3 Å². The number of halogens is 1. The van der Waals surface area contributed by atoms with Crippen molar-refractivity contribution in [3.05, 3.63) is 59.4 Å². The molecule has 2 aromatic carbocycles. The van der Waals surface area contributed by atoms with Gasteiger partial charge in [-0.3, -0.25) is 0 Å². The van der Waals surface area contributed by atoms with Crippen LogP contribution in [0.4, 0.5) is 4.39 Å². The minimum atomic E-state index is -3.69.